The fourth-order valence-corrected chi connectivity index (χ4v) is 1.09. The first-order valence-electron chi connectivity index (χ1n) is 5.25. The van der Waals surface area contributed by atoms with Crippen molar-refractivity contribution < 1.29 is 14.3 Å². The van der Waals surface area contributed by atoms with Crippen molar-refractivity contribution in [3.8, 4) is 0 Å². The van der Waals surface area contributed by atoms with Gasteiger partial charge in [-0.2, -0.15) is 0 Å². The lowest BCUT2D eigenvalue weighted by atomic mass is 9.78. The second-order valence-corrected chi connectivity index (χ2v) is 4.65. The van der Waals surface area contributed by atoms with E-state index in [0.717, 1.165) is 13.0 Å². The third kappa shape index (κ3) is 2.98. The first kappa shape index (κ1) is 11.5. The van der Waals surface area contributed by atoms with Crippen LogP contribution in [0.4, 0.5) is 0 Å². The van der Waals surface area contributed by atoms with Crippen molar-refractivity contribution in [2.24, 2.45) is 11.3 Å². The highest BCUT2D eigenvalue weighted by molar-refractivity contribution is 5.72. The quantitative estimate of drug-likeness (QED) is 0.503. The van der Waals surface area contributed by atoms with Gasteiger partial charge in [-0.05, 0) is 5.41 Å². The van der Waals surface area contributed by atoms with Gasteiger partial charge in [0.05, 0.1) is 12.5 Å². The molecule has 1 fully saturated rings. The summed E-state index contributed by atoms with van der Waals surface area (Å²) >= 11 is 0. The van der Waals surface area contributed by atoms with Crippen LogP contribution in [0.25, 0.3) is 0 Å². The minimum absolute atomic E-state index is 0.0154. The molecule has 1 heterocycles. The molecule has 0 aromatic heterocycles. The smallest absolute Gasteiger partial charge is 0.309 e. The van der Waals surface area contributed by atoms with E-state index in [9.17, 15) is 4.79 Å². The Balaban J connectivity index is 2.33. The summed E-state index contributed by atoms with van der Waals surface area (Å²) < 4.78 is 10.1. The standard InChI is InChI=1S/C11H20O3/c1-5-11(3,4)8(2)10(12)14-7-9-6-13-9/h8-9H,5-7H2,1-4H3. The van der Waals surface area contributed by atoms with E-state index in [-0.39, 0.29) is 23.4 Å². The molecule has 1 aliphatic rings. The van der Waals surface area contributed by atoms with Crippen LogP contribution in [0.3, 0.4) is 0 Å². The summed E-state index contributed by atoms with van der Waals surface area (Å²) in [5.74, 6) is -0.154. The summed E-state index contributed by atoms with van der Waals surface area (Å²) in [6.07, 6.45) is 1.14. The van der Waals surface area contributed by atoms with Crippen LogP contribution < -0.4 is 0 Å². The van der Waals surface area contributed by atoms with Crippen molar-refractivity contribution >= 4 is 5.97 Å². The molecule has 0 bridgehead atoms. The molecular weight excluding hydrogens is 180 g/mol. The van der Waals surface area contributed by atoms with E-state index >= 15 is 0 Å². The van der Waals surface area contributed by atoms with Gasteiger partial charge in [-0.3, -0.25) is 4.79 Å². The summed E-state index contributed by atoms with van der Waals surface area (Å²) in [5, 5.41) is 0. The van der Waals surface area contributed by atoms with Gasteiger partial charge in [0.2, 0.25) is 0 Å². The van der Waals surface area contributed by atoms with E-state index in [4.69, 9.17) is 9.47 Å². The number of esters is 1. The van der Waals surface area contributed by atoms with Crippen LogP contribution in [0.15, 0.2) is 0 Å². The highest BCUT2D eigenvalue weighted by atomic mass is 16.6. The molecule has 82 valence electrons. The van der Waals surface area contributed by atoms with Gasteiger partial charge in [-0.1, -0.05) is 34.1 Å². The number of hydrogen-bond acceptors (Lipinski definition) is 3. The highest BCUT2D eigenvalue weighted by Gasteiger charge is 2.32. The van der Waals surface area contributed by atoms with Crippen molar-refractivity contribution in [1.82, 2.24) is 0 Å². The molecule has 0 aliphatic carbocycles. The number of carbonyl (C=O) groups excluding carboxylic acids is 1. The number of rotatable bonds is 5. The average Bonchev–Trinajstić information content (AvgIpc) is 2.96. The van der Waals surface area contributed by atoms with Crippen molar-refractivity contribution in [1.29, 1.82) is 0 Å². The molecule has 14 heavy (non-hydrogen) atoms. The van der Waals surface area contributed by atoms with Gasteiger partial charge in [0.1, 0.15) is 12.7 Å². The summed E-state index contributed by atoms with van der Waals surface area (Å²) in [6.45, 7) is 9.36. The lowest BCUT2D eigenvalue weighted by Gasteiger charge is -2.28. The van der Waals surface area contributed by atoms with E-state index in [1.807, 2.05) is 6.92 Å². The topological polar surface area (TPSA) is 38.8 Å². The molecule has 1 aliphatic heterocycles. The van der Waals surface area contributed by atoms with Crippen LogP contribution in [-0.2, 0) is 14.3 Å². The second kappa shape index (κ2) is 4.30. The molecule has 2 atom stereocenters. The largest absolute Gasteiger partial charge is 0.463 e. The average molecular weight is 200 g/mol. The SMILES string of the molecule is CCC(C)(C)C(C)C(=O)OCC1CO1. The van der Waals surface area contributed by atoms with E-state index in [1.54, 1.807) is 0 Å². The molecule has 3 nitrogen and oxygen atoms in total. The molecule has 2 unspecified atom stereocenters. The van der Waals surface area contributed by atoms with Gasteiger partial charge < -0.3 is 9.47 Å². The molecule has 0 spiro atoms. The number of hydrogen-bond donors (Lipinski definition) is 0. The Labute approximate surface area is 85.8 Å². The Kier molecular flexibility index (Phi) is 3.53. The molecule has 0 amide bonds. The van der Waals surface area contributed by atoms with E-state index in [0.29, 0.717) is 6.61 Å². The monoisotopic (exact) mass is 200 g/mol. The van der Waals surface area contributed by atoms with Crippen LogP contribution in [0.2, 0.25) is 0 Å². The van der Waals surface area contributed by atoms with Gasteiger partial charge in [0.15, 0.2) is 0 Å². The maximum Gasteiger partial charge on any atom is 0.309 e. The lowest BCUT2D eigenvalue weighted by Crippen LogP contribution is -2.30. The third-order valence-electron chi connectivity index (χ3n) is 3.25. The fraction of sp³-hybridized carbons (Fsp3) is 0.909. The van der Waals surface area contributed by atoms with Crippen LogP contribution >= 0.6 is 0 Å². The summed E-state index contributed by atoms with van der Waals surface area (Å²) in [4.78, 5) is 11.6. The van der Waals surface area contributed by atoms with Gasteiger partial charge in [0.25, 0.3) is 0 Å². The Morgan fingerprint density at radius 3 is 2.64 bits per heavy atom. The fourth-order valence-electron chi connectivity index (χ4n) is 1.09. The van der Waals surface area contributed by atoms with Gasteiger partial charge in [-0.15, -0.1) is 0 Å². The molecule has 0 aromatic rings. The summed E-state index contributed by atoms with van der Waals surface area (Å²) in [7, 11) is 0. The van der Waals surface area contributed by atoms with E-state index in [2.05, 4.69) is 20.8 Å². The Morgan fingerprint density at radius 2 is 2.21 bits per heavy atom. The minimum atomic E-state index is -0.104. The Bertz CT molecular complexity index is 207. The first-order valence-corrected chi connectivity index (χ1v) is 5.25. The van der Waals surface area contributed by atoms with Gasteiger partial charge in [-0.25, -0.2) is 0 Å². The zero-order valence-corrected chi connectivity index (χ0v) is 9.50. The lowest BCUT2D eigenvalue weighted by molar-refractivity contribution is -0.152. The van der Waals surface area contributed by atoms with Gasteiger partial charge in [0, 0.05) is 0 Å². The Hall–Kier alpha value is -0.570. The van der Waals surface area contributed by atoms with Crippen LogP contribution in [-0.4, -0.2) is 25.3 Å². The molecule has 1 saturated heterocycles. The zero-order valence-electron chi connectivity index (χ0n) is 9.50. The van der Waals surface area contributed by atoms with Crippen LogP contribution in [0.1, 0.15) is 34.1 Å². The molecule has 0 radical (unpaired) electrons. The number of carbonyl (C=O) groups is 1. The second-order valence-electron chi connectivity index (χ2n) is 4.65. The summed E-state index contributed by atoms with van der Waals surface area (Å²) in [5.41, 5.74) is 0.0154. The third-order valence-corrected chi connectivity index (χ3v) is 3.25. The highest BCUT2D eigenvalue weighted by Crippen LogP contribution is 2.31. The van der Waals surface area contributed by atoms with E-state index < -0.39 is 0 Å². The van der Waals surface area contributed by atoms with Crippen molar-refractivity contribution in [2.75, 3.05) is 13.2 Å². The maximum absolute atomic E-state index is 11.6. The predicted molar refractivity (Wildman–Crippen MR) is 53.9 cm³/mol. The number of ether oxygens (including phenoxy) is 2. The summed E-state index contributed by atoms with van der Waals surface area (Å²) in [6, 6.07) is 0. The number of epoxide rings is 1. The van der Waals surface area contributed by atoms with Crippen LogP contribution in [0.5, 0.6) is 0 Å². The predicted octanol–water partition coefficient (Wildman–Crippen LogP) is 2.00. The van der Waals surface area contributed by atoms with Crippen molar-refractivity contribution in [2.45, 2.75) is 40.2 Å². The molecule has 0 saturated carbocycles. The molecular formula is C11H20O3. The molecule has 3 heteroatoms. The molecule has 0 N–H and O–H groups in total. The van der Waals surface area contributed by atoms with Gasteiger partial charge >= 0.3 is 5.97 Å². The van der Waals surface area contributed by atoms with Crippen molar-refractivity contribution in [3.05, 3.63) is 0 Å². The molecule has 0 aromatic carbocycles. The van der Waals surface area contributed by atoms with E-state index in [1.165, 1.54) is 0 Å². The van der Waals surface area contributed by atoms with Crippen molar-refractivity contribution in [3.63, 3.8) is 0 Å². The maximum atomic E-state index is 11.6. The zero-order chi connectivity index (χ0) is 10.8. The Morgan fingerprint density at radius 1 is 1.64 bits per heavy atom. The minimum Gasteiger partial charge on any atom is -0.463 e. The first-order chi connectivity index (χ1) is 6.47. The van der Waals surface area contributed by atoms with Crippen LogP contribution in [0, 0.1) is 11.3 Å². The molecule has 1 rings (SSSR count). The normalized spacial score (nSPS) is 23.0.